The van der Waals surface area contributed by atoms with E-state index < -0.39 is 22.7 Å². The van der Waals surface area contributed by atoms with Crippen LogP contribution in [0.5, 0.6) is 5.88 Å². The van der Waals surface area contributed by atoms with Crippen LogP contribution in [0.4, 0.5) is 4.79 Å². The number of piperidine rings is 1. The summed E-state index contributed by atoms with van der Waals surface area (Å²) in [6.45, 7) is 18.2. The number of esters is 1. The Morgan fingerprint density at radius 2 is 1.66 bits per heavy atom. The van der Waals surface area contributed by atoms with Gasteiger partial charge in [-0.1, -0.05) is 37.3 Å². The van der Waals surface area contributed by atoms with Gasteiger partial charge in [0.1, 0.15) is 17.8 Å². The maximum Gasteiger partial charge on any atom is 0.410 e. The average molecular weight is 525 g/mol. The molecule has 208 valence electrons. The highest BCUT2D eigenvalue weighted by molar-refractivity contribution is 5.81. The standard InChI is InChI=1S/C31H44N2O5/c1-10-31(27(34)37-29(4,5)6)20-33(28(35)38-30(7,8)9)17-16-25(31)24-18-26(32-22(3)21(24)2)36-19-23-14-12-11-13-15-23/h11-15,18,25H,10,16-17,19-20H2,1-9H3. The normalized spacial score (nSPS) is 20.1. The molecule has 1 aliphatic rings. The molecule has 2 atom stereocenters. The van der Waals surface area contributed by atoms with Crippen LogP contribution in [0.2, 0.25) is 0 Å². The van der Waals surface area contributed by atoms with E-state index in [2.05, 4.69) is 4.98 Å². The van der Waals surface area contributed by atoms with Crippen LogP contribution < -0.4 is 4.74 Å². The lowest BCUT2D eigenvalue weighted by Gasteiger charge is -2.47. The highest BCUT2D eigenvalue weighted by Gasteiger charge is 2.52. The van der Waals surface area contributed by atoms with Gasteiger partial charge >= 0.3 is 12.1 Å². The molecule has 7 nitrogen and oxygen atoms in total. The Morgan fingerprint density at radius 1 is 1.03 bits per heavy atom. The molecule has 2 aromatic rings. The molecule has 0 saturated carbocycles. The number of hydrogen-bond donors (Lipinski definition) is 0. The summed E-state index contributed by atoms with van der Waals surface area (Å²) < 4.78 is 17.8. The molecule has 2 heterocycles. The largest absolute Gasteiger partial charge is 0.473 e. The first-order valence-electron chi connectivity index (χ1n) is 13.5. The van der Waals surface area contributed by atoms with E-state index in [0.717, 1.165) is 22.4 Å². The second-order valence-electron chi connectivity index (χ2n) is 12.3. The molecule has 2 unspecified atom stereocenters. The van der Waals surface area contributed by atoms with Gasteiger partial charge < -0.3 is 19.1 Å². The van der Waals surface area contributed by atoms with Gasteiger partial charge in [-0.15, -0.1) is 0 Å². The zero-order chi connectivity index (χ0) is 28.3. The summed E-state index contributed by atoms with van der Waals surface area (Å²) in [5.41, 5.74) is 1.71. The monoisotopic (exact) mass is 524 g/mol. The van der Waals surface area contributed by atoms with Crippen LogP contribution in [0.1, 0.15) is 89.6 Å². The molecular weight excluding hydrogens is 480 g/mol. The van der Waals surface area contributed by atoms with Gasteiger partial charge in [0.15, 0.2) is 0 Å². The van der Waals surface area contributed by atoms with E-state index in [1.165, 1.54) is 0 Å². The Balaban J connectivity index is 2.02. The minimum absolute atomic E-state index is 0.179. The third-order valence-corrected chi connectivity index (χ3v) is 7.05. The fourth-order valence-electron chi connectivity index (χ4n) is 5.01. The maximum atomic E-state index is 13.9. The van der Waals surface area contributed by atoms with Gasteiger partial charge in [-0.05, 0) is 84.9 Å². The molecule has 3 rings (SSSR count). The minimum atomic E-state index is -0.947. The smallest absolute Gasteiger partial charge is 0.410 e. The first-order valence-corrected chi connectivity index (χ1v) is 13.5. The van der Waals surface area contributed by atoms with Crippen LogP contribution in [-0.4, -0.2) is 46.2 Å². The van der Waals surface area contributed by atoms with Crippen molar-refractivity contribution in [2.24, 2.45) is 5.41 Å². The highest BCUT2D eigenvalue weighted by Crippen LogP contribution is 2.48. The first kappa shape index (κ1) is 29.5. The SMILES string of the molecule is CCC1(C(=O)OC(C)(C)C)CN(C(=O)OC(C)(C)C)CCC1c1cc(OCc2ccccc2)nc(C)c1C. The van der Waals surface area contributed by atoms with Crippen molar-refractivity contribution in [3.8, 4) is 5.88 Å². The van der Waals surface area contributed by atoms with Crippen LogP contribution >= 0.6 is 0 Å². The van der Waals surface area contributed by atoms with Gasteiger partial charge in [0.25, 0.3) is 0 Å². The number of rotatable bonds is 6. The van der Waals surface area contributed by atoms with Crippen molar-refractivity contribution in [1.29, 1.82) is 0 Å². The molecule has 7 heteroatoms. The zero-order valence-corrected chi connectivity index (χ0v) is 24.5. The van der Waals surface area contributed by atoms with Crippen molar-refractivity contribution in [2.45, 2.75) is 98.9 Å². The van der Waals surface area contributed by atoms with Crippen LogP contribution in [0.3, 0.4) is 0 Å². The predicted octanol–water partition coefficient (Wildman–Crippen LogP) is 6.74. The van der Waals surface area contributed by atoms with E-state index in [9.17, 15) is 9.59 Å². The number of nitrogens with zero attached hydrogens (tertiary/aromatic N) is 2. The number of aromatic nitrogens is 1. The van der Waals surface area contributed by atoms with Crippen molar-refractivity contribution in [3.05, 3.63) is 58.8 Å². The summed E-state index contributed by atoms with van der Waals surface area (Å²) in [5.74, 6) is 0.0453. The highest BCUT2D eigenvalue weighted by atomic mass is 16.6. The van der Waals surface area contributed by atoms with Crippen molar-refractivity contribution in [2.75, 3.05) is 13.1 Å². The molecule has 0 N–H and O–H groups in total. The summed E-state index contributed by atoms with van der Waals surface area (Å²) in [6, 6.07) is 11.9. The molecule has 0 bridgehead atoms. The lowest BCUT2D eigenvalue weighted by atomic mass is 9.65. The number of amides is 1. The van der Waals surface area contributed by atoms with Crippen LogP contribution in [-0.2, 0) is 20.9 Å². The second kappa shape index (κ2) is 11.3. The first-order chi connectivity index (χ1) is 17.6. The topological polar surface area (TPSA) is 78.0 Å². The van der Waals surface area contributed by atoms with Crippen molar-refractivity contribution in [1.82, 2.24) is 9.88 Å². The van der Waals surface area contributed by atoms with Gasteiger partial charge in [0.05, 0.1) is 5.41 Å². The molecule has 1 fully saturated rings. The molecule has 1 saturated heterocycles. The van der Waals surface area contributed by atoms with Crippen molar-refractivity contribution >= 4 is 12.1 Å². The summed E-state index contributed by atoms with van der Waals surface area (Å²) in [7, 11) is 0. The van der Waals surface area contributed by atoms with E-state index in [1.54, 1.807) is 4.90 Å². The summed E-state index contributed by atoms with van der Waals surface area (Å²) in [4.78, 5) is 33.4. The van der Waals surface area contributed by atoms with Crippen LogP contribution in [0.25, 0.3) is 0 Å². The molecule has 0 aliphatic carbocycles. The summed E-state index contributed by atoms with van der Waals surface area (Å²) in [6.07, 6.45) is 0.689. The Morgan fingerprint density at radius 3 is 2.24 bits per heavy atom. The third kappa shape index (κ3) is 7.06. The second-order valence-corrected chi connectivity index (χ2v) is 12.3. The number of aryl methyl sites for hydroxylation is 1. The average Bonchev–Trinajstić information content (AvgIpc) is 2.82. The van der Waals surface area contributed by atoms with Crippen molar-refractivity contribution in [3.63, 3.8) is 0 Å². The Kier molecular flexibility index (Phi) is 8.79. The van der Waals surface area contributed by atoms with Gasteiger partial charge in [-0.2, -0.15) is 0 Å². The zero-order valence-electron chi connectivity index (χ0n) is 24.5. The van der Waals surface area contributed by atoms with Gasteiger partial charge in [-0.25, -0.2) is 9.78 Å². The molecule has 1 aromatic carbocycles. The fourth-order valence-corrected chi connectivity index (χ4v) is 5.01. The lowest BCUT2D eigenvalue weighted by molar-refractivity contribution is -0.173. The minimum Gasteiger partial charge on any atom is -0.473 e. The summed E-state index contributed by atoms with van der Waals surface area (Å²) in [5, 5.41) is 0. The summed E-state index contributed by atoms with van der Waals surface area (Å²) >= 11 is 0. The van der Waals surface area contributed by atoms with E-state index in [-0.39, 0.29) is 18.4 Å². The molecule has 1 aromatic heterocycles. The molecule has 1 aliphatic heterocycles. The van der Waals surface area contributed by atoms with Gasteiger partial charge in [0.2, 0.25) is 5.88 Å². The van der Waals surface area contributed by atoms with E-state index >= 15 is 0 Å². The number of ether oxygens (including phenoxy) is 3. The quantitative estimate of drug-likeness (QED) is 0.390. The van der Waals surface area contributed by atoms with E-state index in [4.69, 9.17) is 14.2 Å². The van der Waals surface area contributed by atoms with E-state index in [1.807, 2.05) is 98.7 Å². The molecule has 0 spiro atoms. The third-order valence-electron chi connectivity index (χ3n) is 7.05. The van der Waals surface area contributed by atoms with Crippen LogP contribution in [0, 0.1) is 19.3 Å². The molecule has 1 amide bonds. The van der Waals surface area contributed by atoms with Crippen molar-refractivity contribution < 1.29 is 23.8 Å². The van der Waals surface area contributed by atoms with Crippen LogP contribution in [0.15, 0.2) is 36.4 Å². The number of benzene rings is 1. The number of carbonyl (C=O) groups is 2. The lowest BCUT2D eigenvalue weighted by Crippen LogP contribution is -2.55. The Bertz CT molecular complexity index is 1130. The van der Waals surface area contributed by atoms with E-state index in [0.29, 0.717) is 31.9 Å². The van der Waals surface area contributed by atoms with Gasteiger partial charge in [-0.3, -0.25) is 4.79 Å². The fraction of sp³-hybridized carbons (Fsp3) is 0.581. The van der Waals surface area contributed by atoms with Gasteiger partial charge in [0, 0.05) is 30.8 Å². The number of carbonyl (C=O) groups excluding carboxylic acids is 2. The predicted molar refractivity (Wildman–Crippen MR) is 148 cm³/mol. The number of hydrogen-bond acceptors (Lipinski definition) is 6. The number of likely N-dealkylation sites (tertiary alicyclic amines) is 1. The molecule has 38 heavy (non-hydrogen) atoms. The number of pyridine rings is 1. The molecular formula is C31H44N2O5. The Labute approximate surface area is 227 Å². The Hall–Kier alpha value is -3.09. The molecule has 0 radical (unpaired) electrons. The maximum absolute atomic E-state index is 13.9.